The van der Waals surface area contributed by atoms with Crippen molar-refractivity contribution in [1.29, 1.82) is 0 Å². The monoisotopic (exact) mass is 428 g/mol. The number of fused-ring (bicyclic) bond motifs is 1. The zero-order chi connectivity index (χ0) is 22.5. The summed E-state index contributed by atoms with van der Waals surface area (Å²) in [7, 11) is 0. The maximum atomic E-state index is 12.8. The van der Waals surface area contributed by atoms with Crippen LogP contribution in [0.1, 0.15) is 17.2 Å². The number of hydrogen-bond donors (Lipinski definition) is 2. The van der Waals surface area contributed by atoms with E-state index in [0.717, 1.165) is 10.8 Å². The van der Waals surface area contributed by atoms with Crippen LogP contribution in [0.2, 0.25) is 0 Å². The summed E-state index contributed by atoms with van der Waals surface area (Å²) in [5.41, 5.74) is 1.04. The Labute approximate surface area is 184 Å². The minimum atomic E-state index is -0.742. The van der Waals surface area contributed by atoms with Crippen LogP contribution in [-0.2, 0) is 4.79 Å². The van der Waals surface area contributed by atoms with Gasteiger partial charge in [0.25, 0.3) is 11.6 Å². The summed E-state index contributed by atoms with van der Waals surface area (Å²) in [5.74, 6) is 0.170. The molecule has 4 aromatic rings. The van der Waals surface area contributed by atoms with Gasteiger partial charge in [-0.2, -0.15) is 0 Å². The average Bonchev–Trinajstić information content (AvgIpc) is 2.82. The van der Waals surface area contributed by atoms with Gasteiger partial charge in [0.15, 0.2) is 6.61 Å². The van der Waals surface area contributed by atoms with Crippen molar-refractivity contribution in [2.24, 2.45) is 0 Å². The number of carbonyl (C=O) groups excluding carboxylic acids is 1. The standard InChI is InChI=1S/C25H20N2O5/c28-22-15-12-17-6-4-5-9-21(17)24(22)25(18-10-13-19(14-11-18)27(30)31)26-23(29)16-32-20-7-2-1-3-8-20/h1-15,25,28H,16H2,(H,26,29). The zero-order valence-electron chi connectivity index (χ0n) is 17.0. The molecule has 0 aromatic heterocycles. The van der Waals surface area contributed by atoms with E-state index < -0.39 is 16.9 Å². The van der Waals surface area contributed by atoms with Crippen molar-refractivity contribution in [2.75, 3.05) is 6.61 Å². The van der Waals surface area contributed by atoms with Crippen molar-refractivity contribution >= 4 is 22.4 Å². The first-order valence-corrected chi connectivity index (χ1v) is 9.95. The second kappa shape index (κ2) is 9.18. The van der Waals surface area contributed by atoms with Gasteiger partial charge < -0.3 is 15.2 Å². The number of phenols is 1. The summed E-state index contributed by atoms with van der Waals surface area (Å²) in [6, 6.07) is 25.0. The molecular formula is C25H20N2O5. The van der Waals surface area contributed by atoms with Crippen LogP contribution >= 0.6 is 0 Å². The number of para-hydroxylation sites is 1. The van der Waals surface area contributed by atoms with E-state index in [2.05, 4.69) is 5.32 Å². The molecule has 7 nitrogen and oxygen atoms in total. The maximum absolute atomic E-state index is 12.8. The third kappa shape index (κ3) is 4.52. The van der Waals surface area contributed by atoms with Gasteiger partial charge in [0.05, 0.1) is 11.0 Å². The predicted molar refractivity (Wildman–Crippen MR) is 121 cm³/mol. The van der Waals surface area contributed by atoms with E-state index >= 15 is 0 Å². The third-order valence-electron chi connectivity index (χ3n) is 5.09. The lowest BCUT2D eigenvalue weighted by atomic mass is 9.92. The Morgan fingerprint density at radius 3 is 2.34 bits per heavy atom. The van der Waals surface area contributed by atoms with Crippen LogP contribution < -0.4 is 10.1 Å². The zero-order valence-corrected chi connectivity index (χ0v) is 17.0. The molecule has 0 aliphatic heterocycles. The van der Waals surface area contributed by atoms with E-state index in [1.165, 1.54) is 12.1 Å². The number of ether oxygens (including phenoxy) is 1. The molecule has 0 spiro atoms. The molecule has 1 amide bonds. The molecule has 0 saturated heterocycles. The molecule has 4 aromatic carbocycles. The van der Waals surface area contributed by atoms with Gasteiger partial charge in [-0.25, -0.2) is 0 Å². The van der Waals surface area contributed by atoms with E-state index in [4.69, 9.17) is 4.74 Å². The number of phenolic OH excluding ortho intramolecular Hbond substituents is 1. The number of nitro benzene ring substituents is 1. The Morgan fingerprint density at radius 2 is 1.62 bits per heavy atom. The largest absolute Gasteiger partial charge is 0.508 e. The topological polar surface area (TPSA) is 102 Å². The van der Waals surface area contributed by atoms with Gasteiger partial charge in [0, 0.05) is 17.7 Å². The predicted octanol–water partition coefficient (Wildman–Crippen LogP) is 4.74. The highest BCUT2D eigenvalue weighted by Gasteiger charge is 2.23. The smallest absolute Gasteiger partial charge is 0.269 e. The lowest BCUT2D eigenvalue weighted by molar-refractivity contribution is -0.384. The molecule has 0 radical (unpaired) electrons. The molecule has 1 atom stereocenters. The highest BCUT2D eigenvalue weighted by molar-refractivity contribution is 5.89. The van der Waals surface area contributed by atoms with E-state index in [0.29, 0.717) is 16.9 Å². The van der Waals surface area contributed by atoms with E-state index in [-0.39, 0.29) is 18.0 Å². The van der Waals surface area contributed by atoms with Crippen molar-refractivity contribution in [1.82, 2.24) is 5.32 Å². The molecule has 0 bridgehead atoms. The summed E-state index contributed by atoms with van der Waals surface area (Å²) >= 11 is 0. The van der Waals surface area contributed by atoms with Gasteiger partial charge >= 0.3 is 0 Å². The average molecular weight is 428 g/mol. The van der Waals surface area contributed by atoms with Gasteiger partial charge in [-0.15, -0.1) is 0 Å². The molecule has 4 rings (SSSR count). The number of nitrogens with one attached hydrogen (secondary N) is 1. The van der Waals surface area contributed by atoms with Crippen molar-refractivity contribution in [3.63, 3.8) is 0 Å². The van der Waals surface area contributed by atoms with E-state index in [1.54, 1.807) is 48.5 Å². The van der Waals surface area contributed by atoms with Gasteiger partial charge in [-0.1, -0.05) is 48.5 Å². The fourth-order valence-corrected chi connectivity index (χ4v) is 3.57. The van der Waals surface area contributed by atoms with Crippen LogP contribution in [0.25, 0.3) is 10.8 Å². The lowest BCUT2D eigenvalue weighted by Crippen LogP contribution is -2.33. The number of benzene rings is 4. The van der Waals surface area contributed by atoms with Crippen molar-refractivity contribution in [3.05, 3.63) is 112 Å². The quantitative estimate of drug-likeness (QED) is 0.327. The van der Waals surface area contributed by atoms with Crippen LogP contribution in [0.15, 0.2) is 91.0 Å². The fraction of sp³-hybridized carbons (Fsp3) is 0.0800. The fourth-order valence-electron chi connectivity index (χ4n) is 3.57. The van der Waals surface area contributed by atoms with Gasteiger partial charge in [0.1, 0.15) is 11.5 Å². The first-order chi connectivity index (χ1) is 15.5. The SMILES string of the molecule is O=C(COc1ccccc1)NC(c1ccc([N+](=O)[O-])cc1)c1c(O)ccc2ccccc12. The van der Waals surface area contributed by atoms with Gasteiger partial charge in [0.2, 0.25) is 0 Å². The summed E-state index contributed by atoms with van der Waals surface area (Å²) in [6.07, 6.45) is 0. The number of hydrogen-bond acceptors (Lipinski definition) is 5. The molecule has 2 N–H and O–H groups in total. The summed E-state index contributed by atoms with van der Waals surface area (Å²) in [5, 5.41) is 26.3. The molecule has 7 heteroatoms. The first kappa shape index (κ1) is 20.9. The third-order valence-corrected chi connectivity index (χ3v) is 5.09. The number of nitrogens with zero attached hydrogens (tertiary/aromatic N) is 1. The Hall–Kier alpha value is -4.39. The molecular weight excluding hydrogens is 408 g/mol. The number of rotatable bonds is 7. The van der Waals surface area contributed by atoms with Gasteiger partial charge in [-0.05, 0) is 46.7 Å². The molecule has 0 saturated carbocycles. The maximum Gasteiger partial charge on any atom is 0.269 e. The summed E-state index contributed by atoms with van der Waals surface area (Å²) in [6.45, 7) is -0.223. The van der Waals surface area contributed by atoms with E-state index in [9.17, 15) is 20.0 Å². The molecule has 0 aliphatic rings. The first-order valence-electron chi connectivity index (χ1n) is 9.95. The van der Waals surface area contributed by atoms with Crippen LogP contribution in [0, 0.1) is 10.1 Å². The Bertz CT molecular complexity index is 1260. The number of nitro groups is 1. The minimum Gasteiger partial charge on any atom is -0.508 e. The summed E-state index contributed by atoms with van der Waals surface area (Å²) in [4.78, 5) is 23.3. The lowest BCUT2D eigenvalue weighted by Gasteiger charge is -2.22. The van der Waals surface area contributed by atoms with Crippen molar-refractivity contribution in [2.45, 2.75) is 6.04 Å². The Kier molecular flexibility index (Phi) is 5.98. The number of aromatic hydroxyl groups is 1. The Morgan fingerprint density at radius 1 is 0.938 bits per heavy atom. The van der Waals surface area contributed by atoms with Crippen LogP contribution in [0.5, 0.6) is 11.5 Å². The molecule has 0 fully saturated rings. The Balaban J connectivity index is 1.70. The second-order valence-electron chi connectivity index (χ2n) is 7.17. The number of carbonyl (C=O) groups is 1. The molecule has 160 valence electrons. The normalized spacial score (nSPS) is 11.6. The van der Waals surface area contributed by atoms with Crippen LogP contribution in [-0.4, -0.2) is 22.5 Å². The van der Waals surface area contributed by atoms with Crippen LogP contribution in [0.4, 0.5) is 5.69 Å². The number of amides is 1. The van der Waals surface area contributed by atoms with Crippen LogP contribution in [0.3, 0.4) is 0 Å². The molecule has 0 aliphatic carbocycles. The highest BCUT2D eigenvalue weighted by atomic mass is 16.6. The second-order valence-corrected chi connectivity index (χ2v) is 7.17. The van der Waals surface area contributed by atoms with Gasteiger partial charge in [-0.3, -0.25) is 14.9 Å². The number of non-ortho nitro benzene ring substituents is 1. The van der Waals surface area contributed by atoms with Crippen molar-refractivity contribution < 1.29 is 19.6 Å². The highest BCUT2D eigenvalue weighted by Crippen LogP contribution is 2.36. The van der Waals surface area contributed by atoms with Crippen molar-refractivity contribution in [3.8, 4) is 11.5 Å². The summed E-state index contributed by atoms with van der Waals surface area (Å²) < 4.78 is 5.54. The molecule has 32 heavy (non-hydrogen) atoms. The minimum absolute atomic E-state index is 0.0105. The molecule has 0 heterocycles. The molecule has 1 unspecified atom stereocenters. The van der Waals surface area contributed by atoms with E-state index in [1.807, 2.05) is 30.3 Å².